The smallest absolute Gasteiger partial charge is 0.227 e. The van der Waals surface area contributed by atoms with Gasteiger partial charge in [0.1, 0.15) is 12.4 Å². The lowest BCUT2D eigenvalue weighted by Crippen LogP contribution is -2.39. The second-order valence-electron chi connectivity index (χ2n) is 5.64. The normalized spacial score (nSPS) is 21.0. The first-order valence-corrected chi connectivity index (χ1v) is 7.45. The van der Waals surface area contributed by atoms with Crippen LogP contribution in [0.25, 0.3) is 0 Å². The zero-order valence-electron chi connectivity index (χ0n) is 12.6. The monoisotopic (exact) mass is 288 g/mol. The van der Waals surface area contributed by atoms with Crippen molar-refractivity contribution in [2.45, 2.75) is 31.8 Å². The fourth-order valence-corrected chi connectivity index (χ4v) is 2.78. The second kappa shape index (κ2) is 7.27. The van der Waals surface area contributed by atoms with Crippen molar-refractivity contribution in [1.82, 2.24) is 4.90 Å². The highest BCUT2D eigenvalue weighted by Crippen LogP contribution is 2.26. The minimum Gasteiger partial charge on any atom is -0.490 e. The number of carbonyl (C=O) groups excluding carboxylic acids is 1. The highest BCUT2D eigenvalue weighted by Gasteiger charge is 2.32. The van der Waals surface area contributed by atoms with Crippen molar-refractivity contribution in [3.8, 4) is 5.75 Å². The van der Waals surface area contributed by atoms with Gasteiger partial charge in [-0.05, 0) is 30.5 Å². The zero-order valence-corrected chi connectivity index (χ0v) is 12.6. The molecule has 2 rings (SSSR count). The summed E-state index contributed by atoms with van der Waals surface area (Å²) in [4.78, 5) is 14.2. The number of ether oxygens (including phenoxy) is 1. The molecule has 2 N–H and O–H groups in total. The summed E-state index contributed by atoms with van der Waals surface area (Å²) in [6.07, 6.45) is 4.64. The first-order chi connectivity index (χ1) is 10.1. The molecule has 2 unspecified atom stereocenters. The van der Waals surface area contributed by atoms with Crippen LogP contribution in [-0.4, -0.2) is 30.5 Å². The number of carbonyl (C=O) groups is 1. The summed E-state index contributed by atoms with van der Waals surface area (Å²) in [6.45, 7) is 4.71. The molecule has 1 amide bonds. The molecule has 0 bridgehead atoms. The summed E-state index contributed by atoms with van der Waals surface area (Å²) in [6, 6.07) is 7.82. The Hall–Kier alpha value is -1.81. The van der Waals surface area contributed by atoms with Gasteiger partial charge in [-0.15, -0.1) is 0 Å². The third kappa shape index (κ3) is 4.08. The largest absolute Gasteiger partial charge is 0.490 e. The molecule has 0 radical (unpaired) electrons. The van der Waals surface area contributed by atoms with Gasteiger partial charge in [-0.2, -0.15) is 0 Å². The fraction of sp³-hybridized carbons (Fsp3) is 0.471. The topological polar surface area (TPSA) is 55.6 Å². The van der Waals surface area contributed by atoms with Crippen molar-refractivity contribution < 1.29 is 9.53 Å². The number of rotatable bonds is 6. The minimum absolute atomic E-state index is 0.00908. The summed E-state index contributed by atoms with van der Waals surface area (Å²) < 4.78 is 5.44. The van der Waals surface area contributed by atoms with E-state index in [-0.39, 0.29) is 17.9 Å². The van der Waals surface area contributed by atoms with Crippen LogP contribution >= 0.6 is 0 Å². The van der Waals surface area contributed by atoms with E-state index in [9.17, 15) is 4.79 Å². The van der Waals surface area contributed by atoms with Gasteiger partial charge in [0.05, 0.1) is 5.92 Å². The van der Waals surface area contributed by atoms with Crippen LogP contribution in [0.1, 0.15) is 24.8 Å². The molecule has 1 saturated carbocycles. The minimum atomic E-state index is -0.00908. The van der Waals surface area contributed by atoms with Crippen LogP contribution in [0, 0.1) is 5.92 Å². The number of hydrogen-bond donors (Lipinski definition) is 1. The van der Waals surface area contributed by atoms with Gasteiger partial charge < -0.3 is 15.4 Å². The van der Waals surface area contributed by atoms with Crippen LogP contribution in [0.2, 0.25) is 0 Å². The number of nitrogens with zero attached hydrogens (tertiary/aromatic N) is 1. The van der Waals surface area contributed by atoms with Crippen molar-refractivity contribution in [3.63, 3.8) is 0 Å². The second-order valence-corrected chi connectivity index (χ2v) is 5.64. The molecule has 21 heavy (non-hydrogen) atoms. The maximum atomic E-state index is 12.4. The molecule has 4 nitrogen and oxygen atoms in total. The number of nitrogens with two attached hydrogens (primary N) is 1. The quantitative estimate of drug-likeness (QED) is 0.817. The Kier molecular flexibility index (Phi) is 5.39. The van der Waals surface area contributed by atoms with Gasteiger partial charge in [-0.3, -0.25) is 4.79 Å². The highest BCUT2D eigenvalue weighted by molar-refractivity contribution is 5.79. The molecular weight excluding hydrogens is 264 g/mol. The first kappa shape index (κ1) is 15.6. The van der Waals surface area contributed by atoms with E-state index < -0.39 is 0 Å². The summed E-state index contributed by atoms with van der Waals surface area (Å²) in [5.41, 5.74) is 7.09. The average Bonchev–Trinajstić information content (AvgIpc) is 2.92. The van der Waals surface area contributed by atoms with Crippen molar-refractivity contribution in [1.29, 1.82) is 0 Å². The first-order valence-electron chi connectivity index (χ1n) is 7.45. The van der Waals surface area contributed by atoms with Gasteiger partial charge in [0.2, 0.25) is 5.91 Å². The molecule has 1 aromatic carbocycles. The molecule has 0 saturated heterocycles. The van der Waals surface area contributed by atoms with Gasteiger partial charge in [0.15, 0.2) is 0 Å². The molecule has 0 heterocycles. The van der Waals surface area contributed by atoms with E-state index in [1.165, 1.54) is 0 Å². The van der Waals surface area contributed by atoms with Crippen molar-refractivity contribution in [2.75, 3.05) is 13.7 Å². The lowest BCUT2D eigenvalue weighted by atomic mass is 10.0. The predicted octanol–water partition coefficient (Wildman–Crippen LogP) is 2.34. The molecule has 1 aliphatic rings. The SMILES string of the molecule is C=CCOc1ccc(CN(C)C(=O)C2CCCC2N)cc1. The van der Waals surface area contributed by atoms with E-state index in [0.717, 1.165) is 30.6 Å². The molecule has 114 valence electrons. The van der Waals surface area contributed by atoms with Crippen LogP contribution in [-0.2, 0) is 11.3 Å². The van der Waals surface area contributed by atoms with Crippen LogP contribution < -0.4 is 10.5 Å². The van der Waals surface area contributed by atoms with Crippen molar-refractivity contribution in [2.24, 2.45) is 11.7 Å². The van der Waals surface area contributed by atoms with Crippen LogP contribution in [0.15, 0.2) is 36.9 Å². The molecule has 1 aliphatic carbocycles. The number of hydrogen-bond acceptors (Lipinski definition) is 3. The zero-order chi connectivity index (χ0) is 15.2. The lowest BCUT2D eigenvalue weighted by molar-refractivity contribution is -0.134. The summed E-state index contributed by atoms with van der Waals surface area (Å²) in [5, 5.41) is 0. The van der Waals surface area contributed by atoms with Crippen molar-refractivity contribution in [3.05, 3.63) is 42.5 Å². The summed E-state index contributed by atoms with van der Waals surface area (Å²) >= 11 is 0. The van der Waals surface area contributed by atoms with Crippen LogP contribution in [0.4, 0.5) is 0 Å². The highest BCUT2D eigenvalue weighted by atomic mass is 16.5. The van der Waals surface area contributed by atoms with E-state index in [4.69, 9.17) is 10.5 Å². The van der Waals surface area contributed by atoms with Crippen LogP contribution in [0.5, 0.6) is 5.75 Å². The number of benzene rings is 1. The molecule has 4 heteroatoms. The van der Waals surface area contributed by atoms with Gasteiger partial charge >= 0.3 is 0 Å². The molecule has 0 aromatic heterocycles. The average molecular weight is 288 g/mol. The molecule has 1 aromatic rings. The maximum absolute atomic E-state index is 12.4. The van der Waals surface area contributed by atoms with Gasteiger partial charge in [0, 0.05) is 19.6 Å². The summed E-state index contributed by atoms with van der Waals surface area (Å²) in [7, 11) is 1.84. The predicted molar refractivity (Wildman–Crippen MR) is 83.9 cm³/mol. The van der Waals surface area contributed by atoms with E-state index in [0.29, 0.717) is 13.2 Å². The van der Waals surface area contributed by atoms with Crippen molar-refractivity contribution >= 4 is 5.91 Å². The Morgan fingerprint density at radius 2 is 2.14 bits per heavy atom. The third-order valence-corrected chi connectivity index (χ3v) is 3.97. The van der Waals surface area contributed by atoms with Crippen LogP contribution in [0.3, 0.4) is 0 Å². The Bertz CT molecular complexity index is 484. The Morgan fingerprint density at radius 1 is 1.43 bits per heavy atom. The summed E-state index contributed by atoms with van der Waals surface area (Å²) in [5.74, 6) is 0.961. The molecule has 0 aliphatic heterocycles. The van der Waals surface area contributed by atoms with Gasteiger partial charge in [-0.25, -0.2) is 0 Å². The molecule has 0 spiro atoms. The van der Waals surface area contributed by atoms with E-state index in [2.05, 4.69) is 6.58 Å². The van der Waals surface area contributed by atoms with E-state index in [1.54, 1.807) is 11.0 Å². The van der Waals surface area contributed by atoms with E-state index in [1.807, 2.05) is 31.3 Å². The standard InChI is InChI=1S/C17H24N2O2/c1-3-11-21-14-9-7-13(8-10-14)12-19(2)17(20)15-5-4-6-16(15)18/h3,7-10,15-16H,1,4-6,11-12,18H2,2H3. The fourth-order valence-electron chi connectivity index (χ4n) is 2.78. The van der Waals surface area contributed by atoms with E-state index >= 15 is 0 Å². The lowest BCUT2D eigenvalue weighted by Gasteiger charge is -2.23. The Labute approximate surface area is 126 Å². The third-order valence-electron chi connectivity index (χ3n) is 3.97. The molecule has 1 fully saturated rings. The molecular formula is C17H24N2O2. The maximum Gasteiger partial charge on any atom is 0.227 e. The van der Waals surface area contributed by atoms with Gasteiger partial charge in [0.25, 0.3) is 0 Å². The Morgan fingerprint density at radius 3 is 2.71 bits per heavy atom. The Balaban J connectivity index is 1.91. The van der Waals surface area contributed by atoms with Gasteiger partial charge in [-0.1, -0.05) is 31.2 Å². The molecule has 2 atom stereocenters. The number of amides is 1.